The minimum absolute atomic E-state index is 0.370. The van der Waals surface area contributed by atoms with Crippen LogP contribution in [0, 0.1) is 0 Å². The summed E-state index contributed by atoms with van der Waals surface area (Å²) in [5.74, 6) is 0. The van der Waals surface area contributed by atoms with Crippen molar-refractivity contribution in [2.24, 2.45) is 0 Å². The maximum atomic E-state index is 2.34. The first kappa shape index (κ1) is 8.41. The van der Waals surface area contributed by atoms with Gasteiger partial charge in [-0.05, 0) is 0 Å². The number of hydrogen-bond acceptors (Lipinski definition) is 1. The first-order valence-electron chi connectivity index (χ1n) is 3.52. The van der Waals surface area contributed by atoms with E-state index in [1.54, 1.807) is 0 Å². The van der Waals surface area contributed by atoms with Crippen molar-refractivity contribution in [2.75, 3.05) is 18.4 Å². The molecule has 1 nitrogen and oxygen atoms in total. The summed E-state index contributed by atoms with van der Waals surface area (Å²) in [6.07, 6.45) is 9.03. The number of rotatable bonds is 3. The molecular formula is C8H13HfN. The number of hydrogen-bond donors (Lipinski definition) is 0. The van der Waals surface area contributed by atoms with Crippen LogP contribution >= 0.6 is 0 Å². The van der Waals surface area contributed by atoms with Crippen molar-refractivity contribution in [3.63, 3.8) is 0 Å². The molecule has 0 aromatic rings. The molecule has 0 N–H and O–H groups in total. The predicted octanol–water partition coefficient (Wildman–Crippen LogP) is 1.50. The molecule has 0 fully saturated rings. The number of allylic oxidation sites excluding steroid dienone is 4. The van der Waals surface area contributed by atoms with E-state index in [1.807, 2.05) is 0 Å². The van der Waals surface area contributed by atoms with Crippen LogP contribution in [0.15, 0.2) is 24.3 Å². The van der Waals surface area contributed by atoms with Gasteiger partial charge in [0.15, 0.2) is 0 Å². The first-order chi connectivity index (χ1) is 4.79. The summed E-state index contributed by atoms with van der Waals surface area (Å²) in [5, 5.41) is 0. The van der Waals surface area contributed by atoms with Gasteiger partial charge in [-0.15, -0.1) is 0 Å². The molecule has 0 bridgehead atoms. The van der Waals surface area contributed by atoms with Crippen LogP contribution in [0.1, 0.15) is 0 Å². The molecule has 54 valence electrons. The third kappa shape index (κ3) is 2.93. The zero-order valence-electron chi connectivity index (χ0n) is 6.54. The van der Waals surface area contributed by atoms with Gasteiger partial charge in [0, 0.05) is 0 Å². The third-order valence-corrected chi connectivity index (χ3v) is 7.40. The molecule has 0 spiro atoms. The van der Waals surface area contributed by atoms with Gasteiger partial charge in [0.25, 0.3) is 0 Å². The van der Waals surface area contributed by atoms with E-state index >= 15 is 0 Å². The normalized spacial score (nSPS) is 17.1. The van der Waals surface area contributed by atoms with Crippen LogP contribution in [0.4, 0.5) is 0 Å². The molecule has 0 saturated carbocycles. The SMILES string of the molecule is CN(C)[CH2][Hf][CH]1C=CC=C1. The second-order valence-electron chi connectivity index (χ2n) is 2.74. The van der Waals surface area contributed by atoms with E-state index in [9.17, 15) is 0 Å². The molecule has 1 rings (SSSR count). The van der Waals surface area contributed by atoms with E-state index in [2.05, 4.69) is 43.3 Å². The third-order valence-electron chi connectivity index (χ3n) is 1.39. The summed E-state index contributed by atoms with van der Waals surface area (Å²) in [5.41, 5.74) is 0. The molecule has 0 heterocycles. The molecule has 0 aromatic carbocycles. The van der Waals surface area contributed by atoms with Crippen LogP contribution in [0.3, 0.4) is 0 Å². The van der Waals surface area contributed by atoms with Crippen molar-refractivity contribution in [1.29, 1.82) is 0 Å². The Kier molecular flexibility index (Phi) is 3.57. The van der Waals surface area contributed by atoms with Crippen molar-refractivity contribution < 1.29 is 22.9 Å². The average molecular weight is 302 g/mol. The van der Waals surface area contributed by atoms with Crippen molar-refractivity contribution in [3.05, 3.63) is 24.3 Å². The maximum absolute atomic E-state index is 2.34. The summed E-state index contributed by atoms with van der Waals surface area (Å²) in [6, 6.07) is 0. The first-order valence-corrected chi connectivity index (χ1v) is 8.13. The van der Waals surface area contributed by atoms with Gasteiger partial charge in [-0.1, -0.05) is 0 Å². The van der Waals surface area contributed by atoms with E-state index < -0.39 is 0 Å². The fourth-order valence-electron chi connectivity index (χ4n) is 0.856. The van der Waals surface area contributed by atoms with E-state index in [0.29, 0.717) is 0 Å². The average Bonchev–Trinajstić information content (AvgIpc) is 2.34. The molecule has 0 atom stereocenters. The van der Waals surface area contributed by atoms with Crippen molar-refractivity contribution in [1.82, 2.24) is 4.90 Å². The topological polar surface area (TPSA) is 3.24 Å². The van der Waals surface area contributed by atoms with Gasteiger partial charge in [0.2, 0.25) is 0 Å². The molecule has 0 amide bonds. The van der Waals surface area contributed by atoms with Crippen LogP contribution in [-0.4, -0.2) is 23.3 Å². The van der Waals surface area contributed by atoms with E-state index in [1.165, 1.54) is 4.30 Å². The molecule has 1 aliphatic carbocycles. The molecule has 10 heavy (non-hydrogen) atoms. The molecule has 0 saturated heterocycles. The zero-order valence-corrected chi connectivity index (χ0v) is 10.1. The fraction of sp³-hybridized carbons (Fsp3) is 0.500. The Labute approximate surface area is 74.2 Å². The Balaban J connectivity index is 2.14. The van der Waals surface area contributed by atoms with E-state index in [-0.39, 0.29) is 22.9 Å². The van der Waals surface area contributed by atoms with Crippen LogP contribution in [0.5, 0.6) is 0 Å². The van der Waals surface area contributed by atoms with Gasteiger partial charge in [0.1, 0.15) is 0 Å². The Morgan fingerprint density at radius 1 is 1.30 bits per heavy atom. The molecule has 0 aromatic heterocycles. The zero-order chi connectivity index (χ0) is 7.40. The molecular weight excluding hydrogens is 289 g/mol. The van der Waals surface area contributed by atoms with Crippen LogP contribution in [0.2, 0.25) is 3.67 Å². The molecule has 0 unspecified atom stereocenters. The van der Waals surface area contributed by atoms with Crippen LogP contribution < -0.4 is 0 Å². The Bertz CT molecular complexity index is 137. The summed E-state index contributed by atoms with van der Waals surface area (Å²) < 4.78 is 2.27. The Hall–Kier alpha value is 0.310. The van der Waals surface area contributed by atoms with Gasteiger partial charge < -0.3 is 0 Å². The van der Waals surface area contributed by atoms with Gasteiger partial charge >= 0.3 is 74.2 Å². The Morgan fingerprint density at radius 2 is 1.90 bits per heavy atom. The summed E-state index contributed by atoms with van der Waals surface area (Å²) in [7, 11) is 4.32. The Morgan fingerprint density at radius 3 is 2.40 bits per heavy atom. The predicted molar refractivity (Wildman–Crippen MR) is 40.6 cm³/mol. The van der Waals surface area contributed by atoms with Gasteiger partial charge in [-0.25, -0.2) is 0 Å². The second kappa shape index (κ2) is 4.24. The summed E-state index contributed by atoms with van der Waals surface area (Å²) >= 11 is -0.370. The summed E-state index contributed by atoms with van der Waals surface area (Å²) in [4.78, 5) is 2.31. The molecule has 1 aliphatic rings. The quantitative estimate of drug-likeness (QED) is 0.714. The molecule has 2 heteroatoms. The molecule has 0 radical (unpaired) electrons. The fourth-order valence-corrected chi connectivity index (χ4v) is 4.70. The van der Waals surface area contributed by atoms with Crippen molar-refractivity contribution in [3.8, 4) is 0 Å². The van der Waals surface area contributed by atoms with Crippen molar-refractivity contribution in [2.45, 2.75) is 3.67 Å². The standard InChI is InChI=1S/C5H5.C3H8N.Hf/c1-2-4-5-3-1;1-4(2)3;/h1-5H;1H2,2-3H3;. The van der Waals surface area contributed by atoms with Gasteiger partial charge in [0.05, 0.1) is 0 Å². The van der Waals surface area contributed by atoms with Crippen LogP contribution in [0.25, 0.3) is 0 Å². The van der Waals surface area contributed by atoms with Gasteiger partial charge in [-0.2, -0.15) is 0 Å². The monoisotopic (exact) mass is 303 g/mol. The minimum atomic E-state index is -0.370. The van der Waals surface area contributed by atoms with E-state index in [4.69, 9.17) is 0 Å². The van der Waals surface area contributed by atoms with Gasteiger partial charge in [-0.3, -0.25) is 0 Å². The molecule has 0 aliphatic heterocycles. The van der Waals surface area contributed by atoms with Crippen LogP contribution in [-0.2, 0) is 22.9 Å². The number of nitrogens with zero attached hydrogens (tertiary/aromatic N) is 1. The van der Waals surface area contributed by atoms with Crippen molar-refractivity contribution >= 4 is 0 Å². The summed E-state index contributed by atoms with van der Waals surface area (Å²) in [6.45, 7) is 0. The second-order valence-corrected chi connectivity index (χ2v) is 7.74. The van der Waals surface area contributed by atoms with E-state index in [0.717, 1.165) is 3.67 Å².